The van der Waals surface area contributed by atoms with Crippen molar-refractivity contribution in [3.8, 4) is 0 Å². The summed E-state index contributed by atoms with van der Waals surface area (Å²) in [6, 6.07) is 5.92. The third kappa shape index (κ3) is 2.85. The first-order chi connectivity index (χ1) is 9.30. The predicted octanol–water partition coefficient (Wildman–Crippen LogP) is 2.63. The lowest BCUT2D eigenvalue weighted by molar-refractivity contribution is -0.384. The third-order valence-corrected chi connectivity index (χ3v) is 3.26. The van der Waals surface area contributed by atoms with E-state index >= 15 is 0 Å². The Morgan fingerprint density at radius 1 is 1.35 bits per heavy atom. The Labute approximate surface area is 115 Å². The van der Waals surface area contributed by atoms with Gasteiger partial charge in [-0.2, -0.15) is 0 Å². The largest absolute Gasteiger partial charge is 0.478 e. The molecule has 1 aromatic carbocycles. The lowest BCUT2D eigenvalue weighted by Crippen LogP contribution is -2.32. The van der Waals surface area contributed by atoms with Crippen molar-refractivity contribution >= 4 is 17.2 Å². The molecular formula is C14H15NO5. The second-order valence-corrected chi connectivity index (χ2v) is 5.29. The maximum Gasteiger partial charge on any atom is 0.334 e. The molecule has 1 aliphatic heterocycles. The highest BCUT2D eigenvalue weighted by molar-refractivity contribution is 5.97. The molecule has 20 heavy (non-hydrogen) atoms. The number of nitro benzene ring substituents is 1. The van der Waals surface area contributed by atoms with Crippen LogP contribution < -0.4 is 0 Å². The maximum atomic E-state index is 11.3. The number of benzene rings is 1. The molecule has 106 valence electrons. The van der Waals surface area contributed by atoms with E-state index in [0.29, 0.717) is 17.6 Å². The first-order valence-electron chi connectivity index (χ1n) is 6.14. The molecule has 0 spiro atoms. The monoisotopic (exact) mass is 277 g/mol. The third-order valence-electron chi connectivity index (χ3n) is 3.26. The lowest BCUT2D eigenvalue weighted by Gasteiger charge is -2.32. The molecule has 0 aliphatic carbocycles. The fourth-order valence-electron chi connectivity index (χ4n) is 2.19. The first kappa shape index (κ1) is 14.2. The fraction of sp³-hybridized carbons (Fsp3) is 0.357. The van der Waals surface area contributed by atoms with Crippen molar-refractivity contribution in [2.45, 2.75) is 25.9 Å². The Kier molecular flexibility index (Phi) is 3.59. The number of rotatable bonds is 3. The normalized spacial score (nSPS) is 17.9. The molecule has 0 fully saturated rings. The minimum Gasteiger partial charge on any atom is -0.478 e. The van der Waals surface area contributed by atoms with Gasteiger partial charge in [-0.15, -0.1) is 0 Å². The highest BCUT2D eigenvalue weighted by Gasteiger charge is 2.31. The van der Waals surface area contributed by atoms with Crippen LogP contribution in [0.15, 0.2) is 29.8 Å². The minimum atomic E-state index is -1.02. The predicted molar refractivity (Wildman–Crippen MR) is 72.3 cm³/mol. The summed E-state index contributed by atoms with van der Waals surface area (Å²) in [7, 11) is 0. The van der Waals surface area contributed by atoms with Crippen LogP contribution in [0.3, 0.4) is 0 Å². The van der Waals surface area contributed by atoms with E-state index in [1.165, 1.54) is 12.1 Å². The summed E-state index contributed by atoms with van der Waals surface area (Å²) in [6.45, 7) is 3.81. The zero-order chi connectivity index (χ0) is 14.9. The van der Waals surface area contributed by atoms with Gasteiger partial charge in [-0.25, -0.2) is 4.79 Å². The molecule has 1 heterocycles. The van der Waals surface area contributed by atoms with E-state index in [4.69, 9.17) is 4.74 Å². The van der Waals surface area contributed by atoms with Gasteiger partial charge in [0.25, 0.3) is 5.69 Å². The molecule has 0 amide bonds. The number of carboxylic acids is 1. The Bertz CT molecular complexity index is 586. The molecular weight excluding hydrogens is 262 g/mol. The molecule has 0 saturated carbocycles. The van der Waals surface area contributed by atoms with Crippen molar-refractivity contribution in [2.75, 3.05) is 6.61 Å². The summed E-state index contributed by atoms with van der Waals surface area (Å²) < 4.78 is 5.51. The van der Waals surface area contributed by atoms with Gasteiger partial charge in [0.1, 0.15) is 0 Å². The molecule has 0 unspecified atom stereocenters. The minimum absolute atomic E-state index is 0.0162. The highest BCUT2D eigenvalue weighted by atomic mass is 16.6. The first-order valence-corrected chi connectivity index (χ1v) is 6.14. The maximum absolute atomic E-state index is 11.3. The van der Waals surface area contributed by atoms with Crippen molar-refractivity contribution in [3.05, 3.63) is 45.5 Å². The SMILES string of the molecule is CC1(C)CC(c2ccc([N+](=O)[O-])cc2)=C(C(=O)O)CO1. The summed E-state index contributed by atoms with van der Waals surface area (Å²) in [5.41, 5.74) is 1.10. The average Bonchev–Trinajstić information content (AvgIpc) is 2.37. The van der Waals surface area contributed by atoms with Gasteiger partial charge in [0.2, 0.25) is 0 Å². The molecule has 0 saturated heterocycles. The lowest BCUT2D eigenvalue weighted by atomic mass is 9.87. The molecule has 0 bridgehead atoms. The van der Waals surface area contributed by atoms with Crippen LogP contribution in [-0.2, 0) is 9.53 Å². The molecule has 1 aliphatic rings. The summed E-state index contributed by atoms with van der Waals surface area (Å²) in [4.78, 5) is 21.4. The van der Waals surface area contributed by atoms with Crippen LogP contribution in [0.1, 0.15) is 25.8 Å². The molecule has 0 radical (unpaired) electrons. The number of hydrogen-bond donors (Lipinski definition) is 1. The van der Waals surface area contributed by atoms with Crippen molar-refractivity contribution in [3.63, 3.8) is 0 Å². The van der Waals surface area contributed by atoms with E-state index < -0.39 is 16.5 Å². The molecule has 0 aromatic heterocycles. The highest BCUT2D eigenvalue weighted by Crippen LogP contribution is 2.35. The number of hydrogen-bond acceptors (Lipinski definition) is 4. The van der Waals surface area contributed by atoms with Gasteiger partial charge in [0.05, 0.1) is 22.7 Å². The van der Waals surface area contributed by atoms with Gasteiger partial charge in [-0.1, -0.05) is 0 Å². The van der Waals surface area contributed by atoms with Gasteiger partial charge in [-0.3, -0.25) is 10.1 Å². The van der Waals surface area contributed by atoms with Crippen LogP contribution in [0.4, 0.5) is 5.69 Å². The van der Waals surface area contributed by atoms with Crippen molar-refractivity contribution < 1.29 is 19.6 Å². The van der Waals surface area contributed by atoms with Crippen molar-refractivity contribution in [1.82, 2.24) is 0 Å². The molecule has 1 N–H and O–H groups in total. The van der Waals surface area contributed by atoms with E-state index in [-0.39, 0.29) is 17.9 Å². The van der Waals surface area contributed by atoms with Crippen molar-refractivity contribution in [2.24, 2.45) is 0 Å². The Hall–Kier alpha value is -2.21. The summed E-state index contributed by atoms with van der Waals surface area (Å²) in [5, 5.41) is 19.9. The van der Waals surface area contributed by atoms with E-state index in [2.05, 4.69) is 0 Å². The average molecular weight is 277 g/mol. The molecule has 0 atom stereocenters. The molecule has 6 nitrogen and oxygen atoms in total. The van der Waals surface area contributed by atoms with Crippen molar-refractivity contribution in [1.29, 1.82) is 0 Å². The zero-order valence-corrected chi connectivity index (χ0v) is 11.3. The number of nitro groups is 1. The van der Waals surface area contributed by atoms with E-state index in [0.717, 1.165) is 0 Å². The van der Waals surface area contributed by atoms with E-state index in [9.17, 15) is 20.0 Å². The van der Waals surface area contributed by atoms with Gasteiger partial charge < -0.3 is 9.84 Å². The van der Waals surface area contributed by atoms with Crippen LogP contribution in [0.2, 0.25) is 0 Å². The van der Waals surface area contributed by atoms with Gasteiger partial charge in [0.15, 0.2) is 0 Å². The van der Waals surface area contributed by atoms with Crippen LogP contribution in [0, 0.1) is 10.1 Å². The van der Waals surface area contributed by atoms with Gasteiger partial charge in [-0.05, 0) is 37.1 Å². The Balaban J connectivity index is 2.45. The number of aliphatic carboxylic acids is 1. The number of carbonyl (C=O) groups is 1. The smallest absolute Gasteiger partial charge is 0.334 e. The van der Waals surface area contributed by atoms with E-state index in [1.807, 2.05) is 13.8 Å². The summed E-state index contributed by atoms with van der Waals surface area (Å²) in [6.07, 6.45) is 0.451. The molecule has 6 heteroatoms. The fourth-order valence-corrected chi connectivity index (χ4v) is 2.19. The topological polar surface area (TPSA) is 89.7 Å². The van der Waals surface area contributed by atoms with Crippen LogP contribution >= 0.6 is 0 Å². The quantitative estimate of drug-likeness (QED) is 0.677. The van der Waals surface area contributed by atoms with Gasteiger partial charge >= 0.3 is 5.97 Å². The van der Waals surface area contributed by atoms with E-state index in [1.54, 1.807) is 12.1 Å². The molecule has 2 rings (SSSR count). The van der Waals surface area contributed by atoms with Gasteiger partial charge in [0, 0.05) is 18.6 Å². The summed E-state index contributed by atoms with van der Waals surface area (Å²) >= 11 is 0. The summed E-state index contributed by atoms with van der Waals surface area (Å²) in [5.74, 6) is -1.02. The van der Waals surface area contributed by atoms with Crippen LogP contribution in [0.25, 0.3) is 5.57 Å². The Morgan fingerprint density at radius 3 is 2.45 bits per heavy atom. The second-order valence-electron chi connectivity index (χ2n) is 5.29. The van der Waals surface area contributed by atoms with Crippen LogP contribution in [-0.4, -0.2) is 28.2 Å². The second kappa shape index (κ2) is 5.05. The number of nitrogens with zero attached hydrogens (tertiary/aromatic N) is 1. The number of carboxylic acid groups (broad SMARTS) is 1. The number of non-ortho nitro benzene ring substituents is 1. The number of ether oxygens (including phenoxy) is 1. The van der Waals surface area contributed by atoms with Crippen LogP contribution in [0.5, 0.6) is 0 Å². The Morgan fingerprint density at radius 2 is 1.95 bits per heavy atom. The zero-order valence-electron chi connectivity index (χ0n) is 11.3. The standard InChI is InChI=1S/C14H15NO5/c1-14(2)7-11(12(8-20-14)13(16)17)9-3-5-10(6-4-9)15(18)19/h3-6H,7-8H2,1-2H3,(H,16,17). The molecule has 1 aromatic rings.